The fourth-order valence-electron chi connectivity index (χ4n) is 1.85. The lowest BCUT2D eigenvalue weighted by molar-refractivity contribution is 0.298. The van der Waals surface area contributed by atoms with Gasteiger partial charge in [0.15, 0.2) is 5.84 Å². The normalized spacial score (nSPS) is 11.4. The van der Waals surface area contributed by atoms with Gasteiger partial charge in [0.1, 0.15) is 11.5 Å². The standard InChI is InChI=1S/C15H15ClN2O3/c16-12-9-11(15(17)18-20)5-6-14(12)21-13-4-2-1-3-10(13)7-8-19/h1-6,9,19-20H,7-8H2,(H2,17,18). The molecule has 0 atom stereocenters. The monoisotopic (exact) mass is 306 g/mol. The molecule has 0 saturated heterocycles. The number of amidine groups is 1. The summed E-state index contributed by atoms with van der Waals surface area (Å²) < 4.78 is 5.77. The first-order valence-corrected chi connectivity index (χ1v) is 6.67. The van der Waals surface area contributed by atoms with Crippen molar-refractivity contribution in [3.63, 3.8) is 0 Å². The first kappa shape index (κ1) is 15.2. The average molecular weight is 307 g/mol. The van der Waals surface area contributed by atoms with Gasteiger partial charge in [-0.05, 0) is 36.2 Å². The Hall–Kier alpha value is -2.24. The molecule has 4 N–H and O–H groups in total. The molecule has 0 aromatic heterocycles. The molecule has 6 heteroatoms. The van der Waals surface area contributed by atoms with E-state index in [2.05, 4.69) is 5.16 Å². The molecule has 0 aliphatic carbocycles. The second-order valence-corrected chi connectivity index (χ2v) is 4.72. The quantitative estimate of drug-likeness (QED) is 0.343. The van der Waals surface area contributed by atoms with Crippen molar-refractivity contribution in [3.8, 4) is 11.5 Å². The molecule has 0 fully saturated rings. The van der Waals surface area contributed by atoms with Gasteiger partial charge in [0.2, 0.25) is 0 Å². The molecule has 2 aromatic rings. The third-order valence-electron chi connectivity index (χ3n) is 2.91. The van der Waals surface area contributed by atoms with Gasteiger partial charge in [-0.2, -0.15) is 0 Å². The van der Waals surface area contributed by atoms with Crippen LogP contribution in [0.2, 0.25) is 5.02 Å². The minimum absolute atomic E-state index is 0.0240. The zero-order chi connectivity index (χ0) is 15.2. The van der Waals surface area contributed by atoms with Crippen LogP contribution in [0.3, 0.4) is 0 Å². The van der Waals surface area contributed by atoms with Gasteiger partial charge in [0, 0.05) is 12.2 Å². The summed E-state index contributed by atoms with van der Waals surface area (Å²) in [6.45, 7) is 0.0382. The Bertz CT molecular complexity index is 659. The van der Waals surface area contributed by atoms with Crippen molar-refractivity contribution in [2.75, 3.05) is 6.61 Å². The number of hydrogen-bond donors (Lipinski definition) is 3. The van der Waals surface area contributed by atoms with Gasteiger partial charge in [0.25, 0.3) is 0 Å². The number of nitrogens with two attached hydrogens (primary N) is 1. The second kappa shape index (κ2) is 6.97. The number of benzene rings is 2. The number of hydrogen-bond acceptors (Lipinski definition) is 4. The number of aliphatic hydroxyl groups excluding tert-OH is 1. The minimum Gasteiger partial charge on any atom is -0.456 e. The predicted molar refractivity (Wildman–Crippen MR) is 81.3 cm³/mol. The van der Waals surface area contributed by atoms with Crippen LogP contribution in [0.5, 0.6) is 11.5 Å². The zero-order valence-electron chi connectivity index (χ0n) is 11.2. The van der Waals surface area contributed by atoms with Crippen LogP contribution in [-0.4, -0.2) is 22.8 Å². The van der Waals surface area contributed by atoms with Crippen LogP contribution in [0.25, 0.3) is 0 Å². The van der Waals surface area contributed by atoms with E-state index >= 15 is 0 Å². The number of para-hydroxylation sites is 1. The molecule has 2 aromatic carbocycles. The second-order valence-electron chi connectivity index (χ2n) is 4.31. The molecule has 0 unspecified atom stereocenters. The Morgan fingerprint density at radius 2 is 1.95 bits per heavy atom. The summed E-state index contributed by atoms with van der Waals surface area (Å²) in [6.07, 6.45) is 0.496. The van der Waals surface area contributed by atoms with Crippen LogP contribution in [0.15, 0.2) is 47.6 Å². The molecule has 0 heterocycles. The predicted octanol–water partition coefficient (Wildman–Crippen LogP) is 2.76. The van der Waals surface area contributed by atoms with Crippen molar-refractivity contribution in [1.82, 2.24) is 0 Å². The van der Waals surface area contributed by atoms with E-state index in [0.29, 0.717) is 28.5 Å². The van der Waals surface area contributed by atoms with Crippen molar-refractivity contribution in [3.05, 3.63) is 58.6 Å². The van der Waals surface area contributed by atoms with Gasteiger partial charge in [-0.3, -0.25) is 0 Å². The lowest BCUT2D eigenvalue weighted by Gasteiger charge is -2.12. The van der Waals surface area contributed by atoms with E-state index < -0.39 is 0 Å². The lowest BCUT2D eigenvalue weighted by Crippen LogP contribution is -2.12. The molecular formula is C15H15ClN2O3. The molecule has 0 saturated carbocycles. The van der Waals surface area contributed by atoms with Gasteiger partial charge in [0.05, 0.1) is 5.02 Å². The highest BCUT2D eigenvalue weighted by molar-refractivity contribution is 6.32. The summed E-state index contributed by atoms with van der Waals surface area (Å²) >= 11 is 6.14. The number of rotatable bonds is 5. The van der Waals surface area contributed by atoms with E-state index in [4.69, 9.17) is 32.4 Å². The fraction of sp³-hybridized carbons (Fsp3) is 0.133. The van der Waals surface area contributed by atoms with Gasteiger partial charge >= 0.3 is 0 Å². The summed E-state index contributed by atoms with van der Waals surface area (Å²) in [4.78, 5) is 0. The molecule has 5 nitrogen and oxygen atoms in total. The molecule has 110 valence electrons. The molecule has 0 radical (unpaired) electrons. The van der Waals surface area contributed by atoms with Crippen LogP contribution >= 0.6 is 11.6 Å². The summed E-state index contributed by atoms with van der Waals surface area (Å²) in [6, 6.07) is 12.2. The molecule has 0 amide bonds. The van der Waals surface area contributed by atoms with E-state index in [1.807, 2.05) is 18.2 Å². The van der Waals surface area contributed by atoms with Crippen molar-refractivity contribution in [2.45, 2.75) is 6.42 Å². The molecule has 2 rings (SSSR count). The van der Waals surface area contributed by atoms with Crippen LogP contribution in [-0.2, 0) is 6.42 Å². The van der Waals surface area contributed by atoms with Gasteiger partial charge < -0.3 is 20.8 Å². The van der Waals surface area contributed by atoms with Gasteiger partial charge in [-0.15, -0.1) is 0 Å². The molecule has 0 aliphatic heterocycles. The zero-order valence-corrected chi connectivity index (χ0v) is 11.9. The SMILES string of the molecule is N/C(=N/O)c1ccc(Oc2ccccc2CCO)c(Cl)c1. The Morgan fingerprint density at radius 3 is 2.62 bits per heavy atom. The molecular weight excluding hydrogens is 292 g/mol. The number of nitrogens with zero attached hydrogens (tertiary/aromatic N) is 1. The van der Waals surface area contributed by atoms with E-state index in [0.717, 1.165) is 5.56 Å². The fourth-order valence-corrected chi connectivity index (χ4v) is 2.07. The van der Waals surface area contributed by atoms with Crippen molar-refractivity contribution >= 4 is 17.4 Å². The lowest BCUT2D eigenvalue weighted by atomic mass is 10.1. The first-order chi connectivity index (χ1) is 10.2. The van der Waals surface area contributed by atoms with E-state index in [1.165, 1.54) is 0 Å². The Labute approximate surface area is 127 Å². The highest BCUT2D eigenvalue weighted by Gasteiger charge is 2.09. The van der Waals surface area contributed by atoms with Crippen LogP contribution in [0.4, 0.5) is 0 Å². The summed E-state index contributed by atoms with van der Waals surface area (Å²) in [5, 5.41) is 21.0. The molecule has 0 spiro atoms. The Balaban J connectivity index is 2.28. The number of aliphatic hydroxyl groups is 1. The maximum atomic E-state index is 9.06. The molecule has 0 aliphatic rings. The van der Waals surface area contributed by atoms with Gasteiger partial charge in [-0.1, -0.05) is 35.0 Å². The smallest absolute Gasteiger partial charge is 0.170 e. The third kappa shape index (κ3) is 3.65. The average Bonchev–Trinajstić information content (AvgIpc) is 2.50. The summed E-state index contributed by atoms with van der Waals surface area (Å²) in [7, 11) is 0. The highest BCUT2D eigenvalue weighted by Crippen LogP contribution is 2.32. The Morgan fingerprint density at radius 1 is 1.19 bits per heavy atom. The van der Waals surface area contributed by atoms with Crippen molar-refractivity contribution < 1.29 is 15.1 Å². The van der Waals surface area contributed by atoms with Gasteiger partial charge in [-0.25, -0.2) is 0 Å². The topological polar surface area (TPSA) is 88.1 Å². The first-order valence-electron chi connectivity index (χ1n) is 6.29. The maximum Gasteiger partial charge on any atom is 0.170 e. The molecule has 21 heavy (non-hydrogen) atoms. The van der Waals surface area contributed by atoms with Crippen molar-refractivity contribution in [2.24, 2.45) is 10.9 Å². The van der Waals surface area contributed by atoms with E-state index in [9.17, 15) is 0 Å². The summed E-state index contributed by atoms with van der Waals surface area (Å²) in [5.74, 6) is 1.06. The number of halogens is 1. The van der Waals surface area contributed by atoms with Crippen LogP contribution in [0, 0.1) is 0 Å². The maximum absolute atomic E-state index is 9.06. The van der Waals surface area contributed by atoms with E-state index in [1.54, 1.807) is 24.3 Å². The van der Waals surface area contributed by atoms with Crippen LogP contribution in [0.1, 0.15) is 11.1 Å². The number of ether oxygens (including phenoxy) is 1. The minimum atomic E-state index is -0.0240. The third-order valence-corrected chi connectivity index (χ3v) is 3.20. The largest absolute Gasteiger partial charge is 0.456 e. The van der Waals surface area contributed by atoms with Crippen LogP contribution < -0.4 is 10.5 Å². The van der Waals surface area contributed by atoms with E-state index in [-0.39, 0.29) is 12.4 Å². The summed E-state index contributed by atoms with van der Waals surface area (Å²) in [5.41, 5.74) is 6.89. The van der Waals surface area contributed by atoms with Crippen molar-refractivity contribution in [1.29, 1.82) is 0 Å². The number of oxime groups is 1. The highest BCUT2D eigenvalue weighted by atomic mass is 35.5. The Kier molecular flexibility index (Phi) is 5.03. The molecule has 0 bridgehead atoms.